The first-order valence-electron chi connectivity index (χ1n) is 1.80. The lowest BCUT2D eigenvalue weighted by Gasteiger charge is -2.15. The summed E-state index contributed by atoms with van der Waals surface area (Å²) in [6.45, 7) is 3.65. The second-order valence-electron chi connectivity index (χ2n) is 1.66. The third kappa shape index (κ3) is 3.57. The summed E-state index contributed by atoms with van der Waals surface area (Å²) < 4.78 is 10.1. The molecule has 4 heteroatoms. The van der Waals surface area contributed by atoms with Gasteiger partial charge < -0.3 is 4.55 Å². The van der Waals surface area contributed by atoms with Crippen LogP contribution in [0.25, 0.3) is 0 Å². The molecule has 0 fully saturated rings. The molecule has 0 aliphatic heterocycles. The standard InChI is InChI=1S/C3H8INOS/c1-3(2,4)7(5)6/h5H2,1-2H3. The molecule has 0 aliphatic carbocycles. The lowest BCUT2D eigenvalue weighted by atomic mass is 10.6. The molecule has 44 valence electrons. The van der Waals surface area contributed by atoms with Crippen LogP contribution in [-0.2, 0) is 11.4 Å². The Morgan fingerprint density at radius 2 is 1.86 bits per heavy atom. The number of hydrogen-bond donors (Lipinski definition) is 1. The van der Waals surface area contributed by atoms with Gasteiger partial charge in [0.1, 0.15) is 0 Å². The minimum atomic E-state index is -1.20. The van der Waals surface area contributed by atoms with Gasteiger partial charge in [-0.15, -0.1) is 0 Å². The van der Waals surface area contributed by atoms with Crippen LogP contribution in [0, 0.1) is 0 Å². The Balaban J connectivity index is 3.54. The predicted molar refractivity (Wildman–Crippen MR) is 40.4 cm³/mol. The highest BCUT2D eigenvalue weighted by molar-refractivity contribution is 14.1. The zero-order chi connectivity index (χ0) is 6.08. The van der Waals surface area contributed by atoms with Crippen LogP contribution in [0.5, 0.6) is 0 Å². The SMILES string of the molecule is CC(C)(I)[S+](N)[O-]. The van der Waals surface area contributed by atoms with Gasteiger partial charge in [-0.1, -0.05) is 0 Å². The van der Waals surface area contributed by atoms with E-state index in [0.717, 1.165) is 0 Å². The molecule has 0 aliphatic rings. The highest BCUT2D eigenvalue weighted by atomic mass is 127. The molecule has 0 aromatic rings. The summed E-state index contributed by atoms with van der Waals surface area (Å²) in [5, 5.41) is 5.03. The first-order valence-corrected chi connectivity index (χ1v) is 4.09. The van der Waals surface area contributed by atoms with E-state index in [0.29, 0.717) is 0 Å². The van der Waals surface area contributed by atoms with E-state index in [1.807, 2.05) is 36.4 Å². The third-order valence-electron chi connectivity index (χ3n) is 0.478. The van der Waals surface area contributed by atoms with Gasteiger partial charge in [0.15, 0.2) is 2.75 Å². The smallest absolute Gasteiger partial charge is 0.188 e. The fourth-order valence-corrected chi connectivity index (χ4v) is 0. The van der Waals surface area contributed by atoms with E-state index in [-0.39, 0.29) is 2.75 Å². The van der Waals surface area contributed by atoms with E-state index in [4.69, 9.17) is 5.14 Å². The summed E-state index contributed by atoms with van der Waals surface area (Å²) in [6, 6.07) is 0. The Hall–Kier alpha value is 1.00. The monoisotopic (exact) mass is 233 g/mol. The lowest BCUT2D eigenvalue weighted by molar-refractivity contribution is 0.586. The van der Waals surface area contributed by atoms with Crippen molar-refractivity contribution >= 4 is 34.0 Å². The van der Waals surface area contributed by atoms with Crippen LogP contribution in [-0.4, -0.2) is 7.31 Å². The molecule has 0 amide bonds. The van der Waals surface area contributed by atoms with E-state index in [1.165, 1.54) is 0 Å². The second-order valence-corrected chi connectivity index (χ2v) is 6.71. The number of nitrogens with two attached hydrogens (primary N) is 1. The summed E-state index contributed by atoms with van der Waals surface area (Å²) >= 11 is 0.845. The van der Waals surface area contributed by atoms with Crippen molar-refractivity contribution in [1.82, 2.24) is 0 Å². The predicted octanol–water partition coefficient (Wildman–Crippen LogP) is 0.780. The summed E-state index contributed by atoms with van der Waals surface area (Å²) in [6.07, 6.45) is 0. The van der Waals surface area contributed by atoms with Crippen LogP contribution in [0.15, 0.2) is 0 Å². The molecular formula is C3H8INOS. The summed E-state index contributed by atoms with van der Waals surface area (Å²) in [5.41, 5.74) is 0. The van der Waals surface area contributed by atoms with Gasteiger partial charge in [0.2, 0.25) is 0 Å². The van der Waals surface area contributed by atoms with Crippen molar-refractivity contribution < 1.29 is 4.55 Å². The van der Waals surface area contributed by atoms with Crippen molar-refractivity contribution in [2.24, 2.45) is 5.14 Å². The van der Waals surface area contributed by atoms with Crippen molar-refractivity contribution in [2.45, 2.75) is 16.6 Å². The minimum Gasteiger partial charge on any atom is -0.597 e. The molecule has 0 aromatic carbocycles. The average Bonchev–Trinajstić information content (AvgIpc) is 1.31. The Morgan fingerprint density at radius 3 is 1.86 bits per heavy atom. The van der Waals surface area contributed by atoms with Gasteiger partial charge in [-0.3, -0.25) is 0 Å². The average molecular weight is 233 g/mol. The molecular weight excluding hydrogens is 225 g/mol. The Labute approximate surface area is 60.3 Å². The minimum absolute atomic E-state index is 0.280. The highest BCUT2D eigenvalue weighted by Gasteiger charge is 2.24. The molecule has 0 saturated heterocycles. The van der Waals surface area contributed by atoms with E-state index in [2.05, 4.69) is 0 Å². The molecule has 0 aromatic heterocycles. The fourth-order valence-electron chi connectivity index (χ4n) is 0. The fraction of sp³-hybridized carbons (Fsp3) is 1.00. The molecule has 2 N–H and O–H groups in total. The van der Waals surface area contributed by atoms with E-state index >= 15 is 0 Å². The second kappa shape index (κ2) is 2.52. The summed E-state index contributed by atoms with van der Waals surface area (Å²) in [5.74, 6) is 0. The van der Waals surface area contributed by atoms with E-state index < -0.39 is 11.4 Å². The highest BCUT2D eigenvalue weighted by Crippen LogP contribution is 2.20. The third-order valence-corrected chi connectivity index (χ3v) is 2.74. The molecule has 0 bridgehead atoms. The van der Waals surface area contributed by atoms with Crippen LogP contribution in [0.2, 0.25) is 0 Å². The number of halogens is 1. The van der Waals surface area contributed by atoms with Crippen LogP contribution in [0.1, 0.15) is 13.8 Å². The number of rotatable bonds is 1. The lowest BCUT2D eigenvalue weighted by Crippen LogP contribution is -2.31. The van der Waals surface area contributed by atoms with E-state index in [9.17, 15) is 4.55 Å². The molecule has 1 atom stereocenters. The number of alkyl halides is 1. The molecule has 0 spiro atoms. The van der Waals surface area contributed by atoms with Crippen molar-refractivity contribution in [3.05, 3.63) is 0 Å². The Kier molecular flexibility index (Phi) is 2.88. The molecule has 0 radical (unpaired) electrons. The van der Waals surface area contributed by atoms with Crippen molar-refractivity contribution in [1.29, 1.82) is 0 Å². The van der Waals surface area contributed by atoms with Crippen molar-refractivity contribution in [2.75, 3.05) is 0 Å². The van der Waals surface area contributed by atoms with Gasteiger partial charge in [-0.25, -0.2) is 0 Å². The largest absolute Gasteiger partial charge is 0.597 e. The Morgan fingerprint density at radius 1 is 1.71 bits per heavy atom. The first-order chi connectivity index (χ1) is 2.94. The van der Waals surface area contributed by atoms with Crippen LogP contribution in [0.4, 0.5) is 0 Å². The van der Waals surface area contributed by atoms with Crippen molar-refractivity contribution in [3.63, 3.8) is 0 Å². The molecule has 0 rings (SSSR count). The molecule has 0 saturated carbocycles. The molecule has 1 unspecified atom stereocenters. The topological polar surface area (TPSA) is 49.1 Å². The number of hydrogen-bond acceptors (Lipinski definition) is 2. The first kappa shape index (κ1) is 8.00. The zero-order valence-electron chi connectivity index (χ0n) is 4.27. The van der Waals surface area contributed by atoms with E-state index in [1.54, 1.807) is 0 Å². The zero-order valence-corrected chi connectivity index (χ0v) is 7.25. The molecule has 7 heavy (non-hydrogen) atoms. The summed E-state index contributed by atoms with van der Waals surface area (Å²) in [7, 11) is 0. The van der Waals surface area contributed by atoms with Crippen molar-refractivity contribution in [3.8, 4) is 0 Å². The summed E-state index contributed by atoms with van der Waals surface area (Å²) in [4.78, 5) is 0. The maximum absolute atomic E-state index is 10.3. The van der Waals surface area contributed by atoms with Gasteiger partial charge in [0.25, 0.3) is 0 Å². The van der Waals surface area contributed by atoms with Gasteiger partial charge in [0, 0.05) is 0 Å². The van der Waals surface area contributed by atoms with Crippen LogP contribution < -0.4 is 5.14 Å². The van der Waals surface area contributed by atoms with Crippen LogP contribution >= 0.6 is 22.6 Å². The van der Waals surface area contributed by atoms with Gasteiger partial charge >= 0.3 is 0 Å². The van der Waals surface area contributed by atoms with Gasteiger partial charge in [-0.2, -0.15) is 5.14 Å². The van der Waals surface area contributed by atoms with Gasteiger partial charge in [0.05, 0.1) is 11.4 Å². The molecule has 2 nitrogen and oxygen atoms in total. The van der Waals surface area contributed by atoms with Gasteiger partial charge in [-0.05, 0) is 36.4 Å². The quantitative estimate of drug-likeness (QED) is 0.413. The normalized spacial score (nSPS) is 16.7. The molecule has 0 heterocycles. The maximum atomic E-state index is 10.3. The maximum Gasteiger partial charge on any atom is 0.188 e. The van der Waals surface area contributed by atoms with Crippen LogP contribution in [0.3, 0.4) is 0 Å². The Bertz CT molecular complexity index is 60.4.